The van der Waals surface area contributed by atoms with Crippen LogP contribution >= 0.6 is 0 Å². The molecular formula is C24H32N2O6S. The molecule has 1 heterocycles. The molecule has 1 aliphatic rings. The molecule has 0 saturated carbocycles. The summed E-state index contributed by atoms with van der Waals surface area (Å²) >= 11 is 0. The summed E-state index contributed by atoms with van der Waals surface area (Å²) in [7, 11) is -0.647. The highest BCUT2D eigenvalue weighted by Gasteiger charge is 2.38. The Morgan fingerprint density at radius 2 is 1.97 bits per heavy atom. The van der Waals surface area contributed by atoms with E-state index in [0.717, 1.165) is 11.1 Å². The van der Waals surface area contributed by atoms with E-state index in [1.54, 1.807) is 38.1 Å². The first kappa shape index (κ1) is 25.0. The number of benzene rings is 2. The van der Waals surface area contributed by atoms with Gasteiger partial charge in [0.25, 0.3) is 0 Å². The van der Waals surface area contributed by atoms with Gasteiger partial charge in [0.15, 0.2) is 0 Å². The molecule has 0 unspecified atom stereocenters. The van der Waals surface area contributed by atoms with E-state index in [2.05, 4.69) is 0 Å². The molecule has 8 nitrogen and oxygen atoms in total. The van der Waals surface area contributed by atoms with E-state index < -0.39 is 22.2 Å². The number of nitrogens with zero attached hydrogens (tertiary/aromatic N) is 2. The predicted octanol–water partition coefficient (Wildman–Crippen LogP) is 2.61. The van der Waals surface area contributed by atoms with Crippen LogP contribution in [0.5, 0.6) is 11.5 Å². The summed E-state index contributed by atoms with van der Waals surface area (Å²) in [6.07, 6.45) is -0.442. The molecule has 0 saturated heterocycles. The molecule has 0 radical (unpaired) electrons. The van der Waals surface area contributed by atoms with Crippen molar-refractivity contribution in [3.63, 3.8) is 0 Å². The molecule has 2 aromatic carbocycles. The maximum absolute atomic E-state index is 13.6. The van der Waals surface area contributed by atoms with Crippen LogP contribution in [0.25, 0.3) is 11.1 Å². The van der Waals surface area contributed by atoms with Gasteiger partial charge in [0, 0.05) is 32.5 Å². The molecule has 1 aliphatic heterocycles. The van der Waals surface area contributed by atoms with Gasteiger partial charge in [0.05, 0.1) is 20.3 Å². The first-order valence-corrected chi connectivity index (χ1v) is 12.3. The van der Waals surface area contributed by atoms with Crippen molar-refractivity contribution in [2.24, 2.45) is 5.92 Å². The number of hydrogen-bond acceptors (Lipinski definition) is 6. The fraction of sp³-hybridized carbons (Fsp3) is 0.458. The zero-order valence-corrected chi connectivity index (χ0v) is 20.5. The summed E-state index contributed by atoms with van der Waals surface area (Å²) in [5.74, 6) is 0.569. The highest BCUT2D eigenvalue weighted by molar-refractivity contribution is 7.89. The van der Waals surface area contributed by atoms with Crippen molar-refractivity contribution in [2.45, 2.75) is 37.8 Å². The van der Waals surface area contributed by atoms with E-state index in [9.17, 15) is 18.3 Å². The highest BCUT2D eigenvalue weighted by atomic mass is 32.2. The minimum atomic E-state index is -3.92. The van der Waals surface area contributed by atoms with E-state index in [-0.39, 0.29) is 35.6 Å². The van der Waals surface area contributed by atoms with Gasteiger partial charge < -0.3 is 19.5 Å². The lowest BCUT2D eigenvalue weighted by molar-refractivity contribution is -0.129. The topological polar surface area (TPSA) is 96.4 Å². The molecule has 0 aromatic heterocycles. The molecule has 33 heavy (non-hydrogen) atoms. The van der Waals surface area contributed by atoms with Crippen LogP contribution in [0.4, 0.5) is 0 Å². The largest absolute Gasteiger partial charge is 0.497 e. The standard InChI is InChI=1S/C24H32N2O6S/c1-16-13-26(17(2)15-27)33(29,30)24-10-9-20(19-7-6-8-21(11-19)31-5)12-22(24)32-23(16)14-25(4)18(3)28/h6-12,16-17,23,27H,13-15H2,1-5H3/t16-,17-,23+/m0/s1. The van der Waals surface area contributed by atoms with Crippen LogP contribution in [-0.2, 0) is 14.8 Å². The lowest BCUT2D eigenvalue weighted by Crippen LogP contribution is -2.50. The Bertz CT molecular complexity index is 1100. The Labute approximate surface area is 195 Å². The van der Waals surface area contributed by atoms with Gasteiger partial charge in [0.2, 0.25) is 15.9 Å². The van der Waals surface area contributed by atoms with Gasteiger partial charge >= 0.3 is 0 Å². The molecular weight excluding hydrogens is 444 g/mol. The van der Waals surface area contributed by atoms with Crippen molar-refractivity contribution in [2.75, 3.05) is 33.9 Å². The van der Waals surface area contributed by atoms with Gasteiger partial charge in [-0.25, -0.2) is 8.42 Å². The molecule has 9 heteroatoms. The number of aliphatic hydroxyl groups is 1. The third kappa shape index (κ3) is 5.31. The number of fused-ring (bicyclic) bond motifs is 1. The first-order valence-electron chi connectivity index (χ1n) is 10.9. The average molecular weight is 477 g/mol. The molecule has 0 spiro atoms. The third-order valence-corrected chi connectivity index (χ3v) is 8.08. The number of carbonyl (C=O) groups is 1. The number of likely N-dealkylation sites (N-methyl/N-ethyl adjacent to an activating group) is 1. The second-order valence-electron chi connectivity index (χ2n) is 8.53. The van der Waals surface area contributed by atoms with E-state index in [4.69, 9.17) is 9.47 Å². The first-order chi connectivity index (χ1) is 15.6. The van der Waals surface area contributed by atoms with Gasteiger partial charge in [-0.05, 0) is 42.3 Å². The van der Waals surface area contributed by atoms with Gasteiger partial charge in [-0.2, -0.15) is 4.31 Å². The summed E-state index contributed by atoms with van der Waals surface area (Å²) < 4.78 is 40.0. The Balaban J connectivity index is 2.14. The maximum Gasteiger partial charge on any atom is 0.247 e. The minimum absolute atomic E-state index is 0.0387. The van der Waals surface area contributed by atoms with Crippen molar-refractivity contribution in [1.82, 2.24) is 9.21 Å². The molecule has 0 fully saturated rings. The van der Waals surface area contributed by atoms with Crippen LogP contribution in [-0.4, -0.2) is 74.6 Å². The van der Waals surface area contributed by atoms with Crippen molar-refractivity contribution >= 4 is 15.9 Å². The second-order valence-corrected chi connectivity index (χ2v) is 10.4. The smallest absolute Gasteiger partial charge is 0.247 e. The molecule has 1 N–H and O–H groups in total. The summed E-state index contributed by atoms with van der Waals surface area (Å²) in [5, 5.41) is 9.74. The lowest BCUT2D eigenvalue weighted by Gasteiger charge is -2.37. The number of rotatable bonds is 6. The zero-order valence-electron chi connectivity index (χ0n) is 19.7. The number of amides is 1. The molecule has 180 valence electrons. The highest BCUT2D eigenvalue weighted by Crippen LogP contribution is 2.37. The Morgan fingerprint density at radius 3 is 2.61 bits per heavy atom. The van der Waals surface area contributed by atoms with Crippen LogP contribution in [0.15, 0.2) is 47.4 Å². The molecule has 0 bridgehead atoms. The fourth-order valence-electron chi connectivity index (χ4n) is 3.82. The summed E-state index contributed by atoms with van der Waals surface area (Å²) in [4.78, 5) is 13.5. The average Bonchev–Trinajstić information content (AvgIpc) is 2.80. The van der Waals surface area contributed by atoms with Crippen LogP contribution in [0.1, 0.15) is 20.8 Å². The number of carbonyl (C=O) groups excluding carboxylic acids is 1. The van der Waals surface area contributed by atoms with Crippen molar-refractivity contribution in [3.05, 3.63) is 42.5 Å². The quantitative estimate of drug-likeness (QED) is 0.689. The maximum atomic E-state index is 13.6. The van der Waals surface area contributed by atoms with Crippen molar-refractivity contribution in [1.29, 1.82) is 0 Å². The zero-order chi connectivity index (χ0) is 24.3. The van der Waals surface area contributed by atoms with E-state index in [1.165, 1.54) is 17.3 Å². The SMILES string of the molecule is COc1cccc(-c2ccc3c(c2)O[C@H](CN(C)C(C)=O)[C@@H](C)CN([C@@H](C)CO)S3(=O)=O)c1. The van der Waals surface area contributed by atoms with Gasteiger partial charge in [-0.3, -0.25) is 4.79 Å². The van der Waals surface area contributed by atoms with E-state index in [1.807, 2.05) is 31.2 Å². The van der Waals surface area contributed by atoms with E-state index >= 15 is 0 Å². The predicted molar refractivity (Wildman–Crippen MR) is 126 cm³/mol. The van der Waals surface area contributed by atoms with Gasteiger partial charge in [-0.15, -0.1) is 0 Å². The monoisotopic (exact) mass is 476 g/mol. The Hall–Kier alpha value is -2.62. The third-order valence-electron chi connectivity index (χ3n) is 6.06. The van der Waals surface area contributed by atoms with Crippen molar-refractivity contribution in [3.8, 4) is 22.6 Å². The van der Waals surface area contributed by atoms with Crippen molar-refractivity contribution < 1.29 is 27.8 Å². The Morgan fingerprint density at radius 1 is 1.27 bits per heavy atom. The second kappa shape index (κ2) is 10.1. The number of ether oxygens (including phenoxy) is 2. The van der Waals surface area contributed by atoms with Gasteiger partial charge in [0.1, 0.15) is 22.5 Å². The van der Waals surface area contributed by atoms with Crippen LogP contribution < -0.4 is 9.47 Å². The molecule has 3 rings (SSSR count). The molecule has 2 aromatic rings. The van der Waals surface area contributed by atoms with Crippen LogP contribution in [0, 0.1) is 5.92 Å². The number of methoxy groups -OCH3 is 1. The minimum Gasteiger partial charge on any atom is -0.497 e. The Kier molecular flexibility index (Phi) is 7.66. The molecule has 0 aliphatic carbocycles. The van der Waals surface area contributed by atoms with Crippen LogP contribution in [0.2, 0.25) is 0 Å². The number of aliphatic hydroxyl groups excluding tert-OH is 1. The van der Waals surface area contributed by atoms with Crippen LogP contribution in [0.3, 0.4) is 0 Å². The summed E-state index contributed by atoms with van der Waals surface area (Å²) in [6, 6.07) is 11.8. The lowest BCUT2D eigenvalue weighted by atomic mass is 10.0. The molecule has 3 atom stereocenters. The summed E-state index contributed by atoms with van der Waals surface area (Å²) in [6.45, 7) is 5.21. The number of hydrogen-bond donors (Lipinski definition) is 1. The number of sulfonamides is 1. The molecule has 1 amide bonds. The van der Waals surface area contributed by atoms with Gasteiger partial charge in [-0.1, -0.05) is 25.1 Å². The van der Waals surface area contributed by atoms with E-state index in [0.29, 0.717) is 12.3 Å². The normalized spacial score (nSPS) is 21.2. The summed E-state index contributed by atoms with van der Waals surface area (Å²) in [5.41, 5.74) is 1.63. The fourth-order valence-corrected chi connectivity index (χ4v) is 5.65.